The summed E-state index contributed by atoms with van der Waals surface area (Å²) in [5, 5.41) is 0. The third-order valence-electron chi connectivity index (χ3n) is 4.04. The lowest BCUT2D eigenvalue weighted by Gasteiger charge is -2.38. The second kappa shape index (κ2) is 6.62. The van der Waals surface area contributed by atoms with Crippen LogP contribution in [0.5, 0.6) is 0 Å². The van der Waals surface area contributed by atoms with Crippen molar-refractivity contribution >= 4 is 21.8 Å². The summed E-state index contributed by atoms with van der Waals surface area (Å²) in [6.07, 6.45) is 1.91. The zero-order valence-corrected chi connectivity index (χ0v) is 14.7. The van der Waals surface area contributed by atoms with E-state index in [0.29, 0.717) is 36.7 Å². The van der Waals surface area contributed by atoms with E-state index in [-0.39, 0.29) is 5.91 Å². The maximum atomic E-state index is 12.7. The quantitative estimate of drug-likeness (QED) is 0.809. The predicted octanol–water partition coefficient (Wildman–Crippen LogP) is 3.39. The summed E-state index contributed by atoms with van der Waals surface area (Å²) < 4.78 is 6.85. The van der Waals surface area contributed by atoms with Crippen molar-refractivity contribution in [2.45, 2.75) is 13.5 Å². The van der Waals surface area contributed by atoms with Gasteiger partial charge in [-0.05, 0) is 28.4 Å². The fourth-order valence-corrected chi connectivity index (χ4v) is 3.15. The predicted molar refractivity (Wildman–Crippen MR) is 93.4 cm³/mol. The molecule has 0 saturated carbocycles. The molecule has 1 aromatic rings. The van der Waals surface area contributed by atoms with Crippen molar-refractivity contribution in [2.24, 2.45) is 0 Å². The smallest absolute Gasteiger partial charge is 0.274 e. The highest BCUT2D eigenvalue weighted by molar-refractivity contribution is 9.12. The van der Waals surface area contributed by atoms with Gasteiger partial charge in [0.2, 0.25) is 0 Å². The number of piperazine rings is 1. The minimum atomic E-state index is -0.000730. The first kappa shape index (κ1) is 15.9. The Morgan fingerprint density at radius 3 is 2.70 bits per heavy atom. The van der Waals surface area contributed by atoms with E-state index < -0.39 is 0 Å². The highest BCUT2D eigenvalue weighted by atomic mass is 79.9. The van der Waals surface area contributed by atoms with Gasteiger partial charge in [0, 0.05) is 35.9 Å². The van der Waals surface area contributed by atoms with Crippen LogP contribution >= 0.6 is 15.9 Å². The normalized spacial score (nSPS) is 18.1. The molecular weight excluding hydrogens is 356 g/mol. The van der Waals surface area contributed by atoms with Crippen LogP contribution in [0.4, 0.5) is 0 Å². The van der Waals surface area contributed by atoms with Gasteiger partial charge < -0.3 is 14.5 Å². The van der Waals surface area contributed by atoms with Gasteiger partial charge in [0.1, 0.15) is 6.61 Å². The Labute approximate surface area is 144 Å². The molecule has 120 valence electrons. The molecule has 4 nitrogen and oxygen atoms in total. The van der Waals surface area contributed by atoms with E-state index in [0.717, 1.165) is 16.6 Å². The zero-order chi connectivity index (χ0) is 16.4. The van der Waals surface area contributed by atoms with E-state index in [2.05, 4.69) is 22.5 Å². The van der Waals surface area contributed by atoms with Gasteiger partial charge in [0.15, 0.2) is 11.5 Å². The van der Waals surface area contributed by atoms with Gasteiger partial charge in [-0.3, -0.25) is 4.79 Å². The topological polar surface area (TPSA) is 32.8 Å². The molecule has 2 heterocycles. The van der Waals surface area contributed by atoms with Crippen LogP contribution in [0.1, 0.15) is 12.5 Å². The number of nitrogens with zero attached hydrogens (tertiary/aromatic N) is 2. The maximum absolute atomic E-state index is 12.7. The molecule has 0 radical (unpaired) electrons. The summed E-state index contributed by atoms with van der Waals surface area (Å²) in [7, 11) is 0. The largest absolute Gasteiger partial charge is 0.486 e. The summed E-state index contributed by atoms with van der Waals surface area (Å²) in [6, 6.07) is 9.91. The number of benzene rings is 1. The van der Waals surface area contributed by atoms with Crippen molar-refractivity contribution < 1.29 is 9.53 Å². The molecule has 1 fully saturated rings. The summed E-state index contributed by atoms with van der Waals surface area (Å²) >= 11 is 3.52. The standard InChI is InChI=1S/C18H19BrN2O2/c1-3-20-9-10-21-11-15(19)13(2)17(16(21)18(20)22)23-12-14-7-5-4-6-8-14/h4-8,11H,2-3,9-10,12H2,1H3. The second-order valence-corrected chi connectivity index (χ2v) is 6.34. The molecule has 0 atom stereocenters. The maximum Gasteiger partial charge on any atom is 0.274 e. The highest BCUT2D eigenvalue weighted by Crippen LogP contribution is 2.35. The van der Waals surface area contributed by atoms with Crippen molar-refractivity contribution in [1.29, 1.82) is 0 Å². The molecule has 0 bridgehead atoms. The van der Waals surface area contributed by atoms with E-state index in [9.17, 15) is 4.79 Å². The number of carbonyl (C=O) groups is 1. The molecule has 2 aliphatic heterocycles. The molecule has 0 N–H and O–H groups in total. The van der Waals surface area contributed by atoms with Crippen LogP contribution < -0.4 is 0 Å². The van der Waals surface area contributed by atoms with Crippen LogP contribution in [-0.2, 0) is 16.1 Å². The molecule has 1 amide bonds. The van der Waals surface area contributed by atoms with Gasteiger partial charge in [0.25, 0.3) is 5.91 Å². The number of likely N-dealkylation sites (N-methyl/N-ethyl adjacent to an activating group) is 1. The number of halogens is 1. The Balaban J connectivity index is 1.91. The monoisotopic (exact) mass is 374 g/mol. The molecule has 0 spiro atoms. The Morgan fingerprint density at radius 2 is 2.00 bits per heavy atom. The fourth-order valence-electron chi connectivity index (χ4n) is 2.72. The van der Waals surface area contributed by atoms with Crippen LogP contribution in [0.25, 0.3) is 0 Å². The van der Waals surface area contributed by atoms with Crippen molar-refractivity contribution in [3.05, 3.63) is 70.2 Å². The van der Waals surface area contributed by atoms with Crippen molar-refractivity contribution in [2.75, 3.05) is 19.6 Å². The Morgan fingerprint density at radius 1 is 1.26 bits per heavy atom. The SMILES string of the molecule is C=C1C(Br)=CN2CCN(CC)C(=O)C2=C1OCc1ccccc1. The molecule has 1 saturated heterocycles. The number of hydrogen-bond acceptors (Lipinski definition) is 3. The Bertz CT molecular complexity index is 694. The third kappa shape index (κ3) is 3.06. The molecule has 1 aromatic carbocycles. The van der Waals surface area contributed by atoms with E-state index in [1.54, 1.807) is 0 Å². The number of carbonyl (C=O) groups excluding carboxylic acids is 1. The van der Waals surface area contributed by atoms with E-state index in [4.69, 9.17) is 4.74 Å². The van der Waals surface area contributed by atoms with Crippen molar-refractivity contribution in [1.82, 2.24) is 9.80 Å². The molecule has 3 rings (SSSR count). The first-order chi connectivity index (χ1) is 11.1. The number of hydrogen-bond donors (Lipinski definition) is 0. The van der Waals surface area contributed by atoms with Gasteiger partial charge in [-0.15, -0.1) is 0 Å². The summed E-state index contributed by atoms with van der Waals surface area (Å²) in [6.45, 7) is 8.64. The molecule has 2 aliphatic rings. The molecular formula is C18H19BrN2O2. The molecule has 0 aromatic heterocycles. The van der Waals surface area contributed by atoms with Crippen LogP contribution in [0.3, 0.4) is 0 Å². The second-order valence-electron chi connectivity index (χ2n) is 5.49. The van der Waals surface area contributed by atoms with Gasteiger partial charge in [-0.2, -0.15) is 0 Å². The van der Waals surface area contributed by atoms with Crippen LogP contribution in [0, 0.1) is 0 Å². The lowest BCUT2D eigenvalue weighted by molar-refractivity contribution is -0.131. The fraction of sp³-hybridized carbons (Fsp3) is 0.278. The number of ether oxygens (including phenoxy) is 1. The number of amides is 1. The van der Waals surface area contributed by atoms with Crippen LogP contribution in [0.2, 0.25) is 0 Å². The zero-order valence-electron chi connectivity index (χ0n) is 13.1. The van der Waals surface area contributed by atoms with Gasteiger partial charge in [-0.25, -0.2) is 0 Å². The lowest BCUT2D eigenvalue weighted by Crippen LogP contribution is -2.48. The van der Waals surface area contributed by atoms with Gasteiger partial charge >= 0.3 is 0 Å². The number of rotatable bonds is 4. The molecule has 23 heavy (non-hydrogen) atoms. The minimum absolute atomic E-state index is 0.000730. The van der Waals surface area contributed by atoms with Crippen LogP contribution in [-0.4, -0.2) is 35.3 Å². The number of allylic oxidation sites excluding steroid dienone is 1. The summed E-state index contributed by atoms with van der Waals surface area (Å²) in [5.41, 5.74) is 2.35. The average molecular weight is 375 g/mol. The van der Waals surface area contributed by atoms with E-state index >= 15 is 0 Å². The van der Waals surface area contributed by atoms with E-state index in [1.165, 1.54) is 0 Å². The first-order valence-electron chi connectivity index (χ1n) is 7.65. The molecule has 0 unspecified atom stereocenters. The average Bonchev–Trinajstić information content (AvgIpc) is 2.57. The van der Waals surface area contributed by atoms with Gasteiger partial charge in [0.05, 0.1) is 0 Å². The molecule has 5 heteroatoms. The lowest BCUT2D eigenvalue weighted by atomic mass is 10.1. The van der Waals surface area contributed by atoms with Gasteiger partial charge in [-0.1, -0.05) is 36.9 Å². The minimum Gasteiger partial charge on any atom is -0.486 e. The molecule has 0 aliphatic carbocycles. The third-order valence-corrected chi connectivity index (χ3v) is 4.73. The highest BCUT2D eigenvalue weighted by Gasteiger charge is 2.35. The number of fused-ring (bicyclic) bond motifs is 1. The Hall–Kier alpha value is -2.01. The Kier molecular flexibility index (Phi) is 4.57. The summed E-state index contributed by atoms with van der Waals surface area (Å²) in [5.74, 6) is 0.561. The van der Waals surface area contributed by atoms with Crippen molar-refractivity contribution in [3.8, 4) is 0 Å². The first-order valence-corrected chi connectivity index (χ1v) is 8.45. The summed E-state index contributed by atoms with van der Waals surface area (Å²) in [4.78, 5) is 16.5. The van der Waals surface area contributed by atoms with E-state index in [1.807, 2.05) is 53.3 Å². The van der Waals surface area contributed by atoms with Crippen molar-refractivity contribution in [3.63, 3.8) is 0 Å². The van der Waals surface area contributed by atoms with Crippen LogP contribution in [0.15, 0.2) is 64.6 Å².